The van der Waals surface area contributed by atoms with Crippen molar-refractivity contribution in [2.45, 2.75) is 6.92 Å². The molecule has 0 fully saturated rings. The minimum absolute atomic E-state index is 0.143. The van der Waals surface area contributed by atoms with E-state index in [0.717, 1.165) is 6.08 Å². The minimum atomic E-state index is -1.01. The second-order valence-corrected chi connectivity index (χ2v) is 4.98. The third-order valence-electron chi connectivity index (χ3n) is 1.80. The highest BCUT2D eigenvalue weighted by atomic mass is 79.9. The smallest absolute Gasteiger partial charge is 0.328 e. The third kappa shape index (κ3) is 4.58. The largest absolute Gasteiger partial charge is 0.488 e. The minimum Gasteiger partial charge on any atom is -0.488 e. The zero-order valence-electron chi connectivity index (χ0n) is 8.84. The molecule has 0 heterocycles. The Labute approximate surface area is 117 Å². The molecule has 6 heteroatoms. The molecular weight excluding hydrogens is 331 g/mol. The van der Waals surface area contributed by atoms with Gasteiger partial charge >= 0.3 is 5.97 Å². The fourth-order valence-corrected chi connectivity index (χ4v) is 1.91. The summed E-state index contributed by atoms with van der Waals surface area (Å²) in [5.41, 5.74) is 0.576. The predicted octanol–water partition coefficient (Wildman–Crippen LogP) is 4.17. The lowest BCUT2D eigenvalue weighted by atomic mass is 10.3. The van der Waals surface area contributed by atoms with Crippen LogP contribution in [0.1, 0.15) is 6.92 Å². The molecule has 17 heavy (non-hydrogen) atoms. The molecule has 0 spiro atoms. The number of ether oxygens (including phenoxy) is 1. The lowest BCUT2D eigenvalue weighted by Gasteiger charge is -2.09. The van der Waals surface area contributed by atoms with Crippen molar-refractivity contribution >= 4 is 45.1 Å². The second kappa shape index (κ2) is 6.28. The summed E-state index contributed by atoms with van der Waals surface area (Å²) in [4.78, 5) is 10.4. The van der Waals surface area contributed by atoms with E-state index in [4.69, 9.17) is 33.0 Å². The van der Waals surface area contributed by atoms with E-state index in [1.165, 1.54) is 0 Å². The molecule has 92 valence electrons. The molecule has 1 aromatic rings. The monoisotopic (exact) mass is 338 g/mol. The Morgan fingerprint density at radius 3 is 2.71 bits per heavy atom. The van der Waals surface area contributed by atoms with E-state index in [1.54, 1.807) is 19.1 Å². The number of hydrogen-bond donors (Lipinski definition) is 1. The molecule has 1 N–H and O–H groups in total. The number of carboxylic acids is 1. The fourth-order valence-electron chi connectivity index (χ4n) is 1.06. The van der Waals surface area contributed by atoms with E-state index in [0.29, 0.717) is 25.8 Å². The van der Waals surface area contributed by atoms with Crippen LogP contribution in [0, 0.1) is 0 Å². The quantitative estimate of drug-likeness (QED) is 0.661. The first-order valence-corrected chi connectivity index (χ1v) is 6.12. The summed E-state index contributed by atoms with van der Waals surface area (Å²) in [5, 5.41) is 9.41. The molecule has 0 atom stereocenters. The maximum atomic E-state index is 10.4. The van der Waals surface area contributed by atoms with Gasteiger partial charge in [-0.3, -0.25) is 0 Å². The Morgan fingerprint density at radius 1 is 1.47 bits per heavy atom. The number of carboxylic acid groups (broad SMARTS) is 1. The van der Waals surface area contributed by atoms with Crippen molar-refractivity contribution < 1.29 is 14.6 Å². The predicted molar refractivity (Wildman–Crippen MR) is 71.0 cm³/mol. The molecule has 0 bridgehead atoms. The SMILES string of the molecule is C/C(=C/C(=O)O)COc1cc(Cl)c(Br)cc1Cl. The van der Waals surface area contributed by atoms with Gasteiger partial charge < -0.3 is 9.84 Å². The molecule has 0 aliphatic carbocycles. The molecule has 0 aliphatic heterocycles. The maximum Gasteiger partial charge on any atom is 0.328 e. The molecule has 0 unspecified atom stereocenters. The fraction of sp³-hybridized carbons (Fsp3) is 0.182. The van der Waals surface area contributed by atoms with Gasteiger partial charge in [0.2, 0.25) is 0 Å². The number of halogens is 3. The first-order valence-electron chi connectivity index (χ1n) is 4.57. The van der Waals surface area contributed by atoms with Gasteiger partial charge in [-0.1, -0.05) is 23.2 Å². The Hall–Kier alpha value is -0.710. The summed E-state index contributed by atoms with van der Waals surface area (Å²) in [6.45, 7) is 1.80. The van der Waals surface area contributed by atoms with Crippen molar-refractivity contribution in [1.29, 1.82) is 0 Å². The Bertz CT molecular complexity index is 472. The van der Waals surface area contributed by atoms with Gasteiger partial charge in [-0.2, -0.15) is 0 Å². The van der Waals surface area contributed by atoms with Crippen molar-refractivity contribution in [2.24, 2.45) is 0 Å². The average molecular weight is 340 g/mol. The molecule has 1 aromatic carbocycles. The first-order chi connectivity index (χ1) is 7.90. The van der Waals surface area contributed by atoms with Crippen LogP contribution in [0.15, 0.2) is 28.3 Å². The highest BCUT2D eigenvalue weighted by Gasteiger charge is 2.07. The van der Waals surface area contributed by atoms with E-state index in [9.17, 15) is 4.79 Å². The van der Waals surface area contributed by atoms with Crippen LogP contribution in [0.25, 0.3) is 0 Å². The molecule has 0 radical (unpaired) electrons. The van der Waals surface area contributed by atoms with E-state index in [1.807, 2.05) is 0 Å². The number of hydrogen-bond acceptors (Lipinski definition) is 2. The Kier molecular flexibility index (Phi) is 5.31. The maximum absolute atomic E-state index is 10.4. The average Bonchev–Trinajstić information content (AvgIpc) is 2.20. The molecule has 0 aromatic heterocycles. The van der Waals surface area contributed by atoms with Crippen molar-refractivity contribution in [3.63, 3.8) is 0 Å². The molecule has 0 saturated heterocycles. The summed E-state index contributed by atoms with van der Waals surface area (Å²) >= 11 is 15.1. The van der Waals surface area contributed by atoms with Crippen LogP contribution in [-0.4, -0.2) is 17.7 Å². The number of carbonyl (C=O) groups is 1. The van der Waals surface area contributed by atoms with Gasteiger partial charge in [-0.15, -0.1) is 0 Å². The summed E-state index contributed by atoms with van der Waals surface area (Å²) in [6, 6.07) is 3.19. The summed E-state index contributed by atoms with van der Waals surface area (Å²) in [6.07, 6.45) is 1.08. The Morgan fingerprint density at radius 2 is 2.12 bits per heavy atom. The molecular formula is C11H9BrCl2O3. The standard InChI is InChI=1S/C11H9BrCl2O3/c1-6(2-11(15)16)5-17-10-4-8(13)7(12)3-9(10)14/h2-4H,5H2,1H3,(H,15,16)/b6-2-. The highest BCUT2D eigenvalue weighted by molar-refractivity contribution is 9.10. The molecule has 0 amide bonds. The number of benzene rings is 1. The van der Waals surface area contributed by atoms with Crippen molar-refractivity contribution in [3.8, 4) is 5.75 Å². The van der Waals surface area contributed by atoms with Gasteiger partial charge in [0.05, 0.1) is 10.0 Å². The van der Waals surface area contributed by atoms with Crippen LogP contribution in [0.3, 0.4) is 0 Å². The van der Waals surface area contributed by atoms with Gasteiger partial charge in [0, 0.05) is 16.6 Å². The van der Waals surface area contributed by atoms with E-state index in [-0.39, 0.29) is 6.61 Å². The van der Waals surface area contributed by atoms with Crippen molar-refractivity contribution in [2.75, 3.05) is 6.61 Å². The lowest BCUT2D eigenvalue weighted by Crippen LogP contribution is -2.01. The zero-order chi connectivity index (χ0) is 13.0. The first kappa shape index (κ1) is 14.4. The van der Waals surface area contributed by atoms with Gasteiger partial charge in [0.1, 0.15) is 12.4 Å². The van der Waals surface area contributed by atoms with Crippen molar-refractivity contribution in [3.05, 3.63) is 38.3 Å². The van der Waals surface area contributed by atoms with Gasteiger partial charge in [-0.25, -0.2) is 4.79 Å². The zero-order valence-corrected chi connectivity index (χ0v) is 11.9. The van der Waals surface area contributed by atoms with Crippen LogP contribution in [-0.2, 0) is 4.79 Å². The topological polar surface area (TPSA) is 46.5 Å². The van der Waals surface area contributed by atoms with Crippen LogP contribution >= 0.6 is 39.1 Å². The summed E-state index contributed by atoms with van der Waals surface area (Å²) < 4.78 is 6.04. The second-order valence-electron chi connectivity index (χ2n) is 3.31. The molecule has 3 nitrogen and oxygen atoms in total. The van der Waals surface area contributed by atoms with Gasteiger partial charge in [-0.05, 0) is 34.5 Å². The number of rotatable bonds is 4. The number of aliphatic carboxylic acids is 1. The van der Waals surface area contributed by atoms with Crippen LogP contribution in [0.5, 0.6) is 5.75 Å². The highest BCUT2D eigenvalue weighted by Crippen LogP contribution is 2.34. The molecule has 0 aliphatic rings. The van der Waals surface area contributed by atoms with Crippen LogP contribution < -0.4 is 4.74 Å². The summed E-state index contributed by atoms with van der Waals surface area (Å²) in [5.74, 6) is -0.593. The lowest BCUT2D eigenvalue weighted by molar-refractivity contribution is -0.131. The van der Waals surface area contributed by atoms with E-state index >= 15 is 0 Å². The van der Waals surface area contributed by atoms with Gasteiger partial charge in [0.15, 0.2) is 0 Å². The molecule has 1 rings (SSSR count). The third-order valence-corrected chi connectivity index (χ3v) is 3.29. The summed E-state index contributed by atoms with van der Waals surface area (Å²) in [7, 11) is 0. The normalized spacial score (nSPS) is 11.4. The van der Waals surface area contributed by atoms with Crippen LogP contribution in [0.2, 0.25) is 10.0 Å². The van der Waals surface area contributed by atoms with E-state index in [2.05, 4.69) is 15.9 Å². The Balaban J connectivity index is 2.76. The van der Waals surface area contributed by atoms with E-state index < -0.39 is 5.97 Å². The van der Waals surface area contributed by atoms with Crippen molar-refractivity contribution in [1.82, 2.24) is 0 Å². The van der Waals surface area contributed by atoms with Crippen LogP contribution in [0.4, 0.5) is 0 Å². The van der Waals surface area contributed by atoms with Gasteiger partial charge in [0.25, 0.3) is 0 Å². The molecule has 0 saturated carbocycles.